The fraction of sp³-hybridized carbons (Fsp3) is 0. The number of benzene rings is 4. The van der Waals surface area contributed by atoms with Gasteiger partial charge in [0.25, 0.3) is 0 Å². The van der Waals surface area contributed by atoms with Gasteiger partial charge in [-0.05, 0) is 45.5 Å². The summed E-state index contributed by atoms with van der Waals surface area (Å²) in [6.07, 6.45) is 0. The number of hydrogen-bond donors (Lipinski definition) is 0. The Morgan fingerprint density at radius 2 is 0.700 bits per heavy atom. The predicted molar refractivity (Wildman–Crippen MR) is 156 cm³/mol. The highest BCUT2D eigenvalue weighted by Crippen LogP contribution is 2.60. The Hall–Kier alpha value is -7.52. The molecule has 2 aliphatic carbocycles. The van der Waals surface area contributed by atoms with Crippen molar-refractivity contribution in [2.75, 3.05) is 0 Å². The molecule has 0 heterocycles. The van der Waals surface area contributed by atoms with Gasteiger partial charge in [0.1, 0.15) is 58.7 Å². The molecule has 0 unspecified atom stereocenters. The average Bonchev–Trinajstić information content (AvgIpc) is 3.61. The summed E-state index contributed by atoms with van der Waals surface area (Å²) >= 11 is 0. The molecular formula is C36H6F8N6. The third-order valence-corrected chi connectivity index (χ3v) is 8.14. The third-order valence-electron chi connectivity index (χ3n) is 8.14. The van der Waals surface area contributed by atoms with Gasteiger partial charge < -0.3 is 0 Å². The van der Waals surface area contributed by atoms with E-state index in [1.54, 1.807) is 24.3 Å². The van der Waals surface area contributed by atoms with E-state index < -0.39 is 91.1 Å². The molecule has 0 aliphatic heterocycles. The number of rotatable bonds is 2. The van der Waals surface area contributed by atoms with E-state index in [0.29, 0.717) is 0 Å². The Labute approximate surface area is 275 Å². The van der Waals surface area contributed by atoms with Gasteiger partial charge in [0.05, 0.1) is 11.1 Å². The first-order chi connectivity index (χ1) is 23.9. The molecule has 0 bridgehead atoms. The average molecular weight is 674 g/mol. The van der Waals surface area contributed by atoms with Crippen LogP contribution in [-0.4, -0.2) is 0 Å². The summed E-state index contributed by atoms with van der Waals surface area (Å²) in [5.74, 6) is -15.7. The Bertz CT molecular complexity index is 2420. The van der Waals surface area contributed by atoms with E-state index in [1.807, 2.05) is 0 Å². The molecule has 6 rings (SSSR count). The van der Waals surface area contributed by atoms with Gasteiger partial charge in [0.15, 0.2) is 46.5 Å². The topological polar surface area (TPSA) is 143 Å². The van der Waals surface area contributed by atoms with Crippen LogP contribution < -0.4 is 0 Å². The predicted octanol–water partition coefficient (Wildman–Crippen LogP) is 8.42. The summed E-state index contributed by atoms with van der Waals surface area (Å²) in [7, 11) is 0. The molecule has 0 aromatic heterocycles. The van der Waals surface area contributed by atoms with Gasteiger partial charge in [-0.25, -0.2) is 35.1 Å². The van der Waals surface area contributed by atoms with Crippen molar-refractivity contribution in [1.29, 1.82) is 31.6 Å². The van der Waals surface area contributed by atoms with Crippen molar-refractivity contribution in [2.45, 2.75) is 0 Å². The highest BCUT2D eigenvalue weighted by molar-refractivity contribution is 6.38. The van der Waals surface area contributed by atoms with Crippen LogP contribution in [0, 0.1) is 115 Å². The van der Waals surface area contributed by atoms with E-state index in [1.165, 1.54) is 0 Å². The molecule has 50 heavy (non-hydrogen) atoms. The van der Waals surface area contributed by atoms with Crippen molar-refractivity contribution >= 4 is 22.3 Å². The van der Waals surface area contributed by atoms with Crippen molar-refractivity contribution in [3.8, 4) is 58.7 Å². The van der Waals surface area contributed by atoms with E-state index in [4.69, 9.17) is 10.5 Å². The van der Waals surface area contributed by atoms with E-state index in [9.17, 15) is 38.6 Å². The van der Waals surface area contributed by atoms with E-state index in [-0.39, 0.29) is 44.5 Å². The first kappa shape index (κ1) is 32.4. The minimum Gasteiger partial charge on any atom is -0.203 e. The highest BCUT2D eigenvalue weighted by Gasteiger charge is 2.41. The van der Waals surface area contributed by atoms with Gasteiger partial charge in [-0.15, -0.1) is 0 Å². The second kappa shape index (κ2) is 11.6. The SMILES string of the molecule is N#CC(C#N)=C1C2=C(C(=C(C#N)C#N)c3ccc(-c4c(F)c(F)c(C#N)c(F)c4F)cc32)c2cc(-c3c(F)c(F)c(C#N)c(F)c3F)ccc21. The van der Waals surface area contributed by atoms with Gasteiger partial charge in [-0.3, -0.25) is 0 Å². The number of nitrogens with zero attached hydrogens (tertiary/aromatic N) is 6. The maximum absolute atomic E-state index is 15.1. The number of halogens is 8. The maximum atomic E-state index is 15.1. The zero-order valence-electron chi connectivity index (χ0n) is 24.2. The Balaban J connectivity index is 1.74. The highest BCUT2D eigenvalue weighted by atomic mass is 19.2. The fourth-order valence-electron chi connectivity index (χ4n) is 6.07. The van der Waals surface area contributed by atoms with Crippen LogP contribution in [-0.2, 0) is 0 Å². The van der Waals surface area contributed by atoms with E-state index in [2.05, 4.69) is 0 Å². The van der Waals surface area contributed by atoms with E-state index in [0.717, 1.165) is 48.5 Å². The number of hydrogen-bond acceptors (Lipinski definition) is 6. The summed E-state index contributed by atoms with van der Waals surface area (Å²) in [5.41, 5.74) is -8.74. The quantitative estimate of drug-likeness (QED) is 0.119. The van der Waals surface area contributed by atoms with Crippen LogP contribution in [0.2, 0.25) is 0 Å². The molecule has 4 aromatic rings. The van der Waals surface area contributed by atoms with Gasteiger partial charge in [0.2, 0.25) is 0 Å². The standard InChI is InChI=1S/C36H6F8N6/c37-29-21(11-49)30(38)34(42)25(33(29)41)13-1-3-17-19(5-13)27-24(16(9-47)10-48)18-4-2-14(6-20(18)28(27)23(17)15(7-45)8-46)26-35(43)31(39)22(12-50)32(40)36(26)44/h1-6H. The summed E-state index contributed by atoms with van der Waals surface area (Å²) < 4.78 is 119. The number of nitriles is 6. The van der Waals surface area contributed by atoms with E-state index >= 15 is 17.6 Å². The molecule has 2 aliphatic rings. The van der Waals surface area contributed by atoms with Crippen molar-refractivity contribution in [1.82, 2.24) is 0 Å². The van der Waals surface area contributed by atoms with Crippen molar-refractivity contribution in [3.63, 3.8) is 0 Å². The molecule has 0 saturated carbocycles. The second-order valence-electron chi connectivity index (χ2n) is 10.5. The third kappa shape index (κ3) is 4.21. The maximum Gasteiger partial charge on any atom is 0.180 e. The molecular weight excluding hydrogens is 668 g/mol. The lowest BCUT2D eigenvalue weighted by Crippen LogP contribution is -2.05. The smallest absolute Gasteiger partial charge is 0.180 e. The molecule has 4 aromatic carbocycles. The van der Waals surface area contributed by atoms with Crippen LogP contribution in [0.25, 0.3) is 44.5 Å². The first-order valence-corrected chi connectivity index (χ1v) is 13.6. The van der Waals surface area contributed by atoms with Crippen LogP contribution in [0.3, 0.4) is 0 Å². The lowest BCUT2D eigenvalue weighted by atomic mass is 9.87. The summed E-state index contributed by atoms with van der Waals surface area (Å²) in [4.78, 5) is 0. The van der Waals surface area contributed by atoms with Crippen LogP contribution in [0.1, 0.15) is 33.4 Å². The van der Waals surface area contributed by atoms with Gasteiger partial charge >= 0.3 is 0 Å². The minimum atomic E-state index is -1.99. The Kier molecular flexibility index (Phi) is 7.54. The molecule has 0 spiro atoms. The first-order valence-electron chi connectivity index (χ1n) is 13.6. The number of fused-ring (bicyclic) bond motifs is 4. The molecule has 0 N–H and O–H groups in total. The molecule has 0 saturated heterocycles. The monoisotopic (exact) mass is 674 g/mol. The Morgan fingerprint density at radius 3 is 0.960 bits per heavy atom. The minimum absolute atomic E-state index is 0.0242. The molecule has 0 amide bonds. The lowest BCUT2D eigenvalue weighted by molar-refractivity contribution is 0.454. The van der Waals surface area contributed by atoms with Crippen LogP contribution in [0.5, 0.6) is 0 Å². The summed E-state index contributed by atoms with van der Waals surface area (Å²) in [6, 6.07) is 14.9. The van der Waals surface area contributed by atoms with Gasteiger partial charge in [-0.1, -0.05) is 24.3 Å². The largest absolute Gasteiger partial charge is 0.203 e. The lowest BCUT2D eigenvalue weighted by Gasteiger charge is -2.16. The molecule has 0 atom stereocenters. The van der Waals surface area contributed by atoms with Crippen LogP contribution in [0.15, 0.2) is 47.5 Å². The van der Waals surface area contributed by atoms with Crippen molar-refractivity contribution in [3.05, 3.63) is 127 Å². The second-order valence-corrected chi connectivity index (χ2v) is 10.5. The van der Waals surface area contributed by atoms with Crippen molar-refractivity contribution < 1.29 is 35.1 Å². The zero-order chi connectivity index (χ0) is 36.3. The molecule has 6 nitrogen and oxygen atoms in total. The fourth-order valence-corrected chi connectivity index (χ4v) is 6.07. The Morgan fingerprint density at radius 1 is 0.400 bits per heavy atom. The summed E-state index contributed by atoms with van der Waals surface area (Å²) in [6.45, 7) is 0. The van der Waals surface area contributed by atoms with Gasteiger partial charge in [0, 0.05) is 22.3 Å². The van der Waals surface area contributed by atoms with Gasteiger partial charge in [-0.2, -0.15) is 31.6 Å². The number of allylic oxidation sites excluding steroid dienone is 6. The molecule has 0 radical (unpaired) electrons. The molecule has 0 fully saturated rings. The normalized spacial score (nSPS) is 12.1. The zero-order valence-corrected chi connectivity index (χ0v) is 24.2. The van der Waals surface area contributed by atoms with Crippen LogP contribution in [0.4, 0.5) is 35.1 Å². The summed E-state index contributed by atoms with van der Waals surface area (Å²) in [5, 5.41) is 57.5. The van der Waals surface area contributed by atoms with Crippen molar-refractivity contribution in [2.24, 2.45) is 0 Å². The molecule has 14 heteroatoms. The molecule has 236 valence electrons. The van der Waals surface area contributed by atoms with Crippen LogP contribution >= 0.6 is 0 Å².